The number of nitrogens with zero attached hydrogens (tertiary/aromatic N) is 3. The van der Waals surface area contributed by atoms with Crippen LogP contribution in [0, 0.1) is 0 Å². The number of amides is 2. The van der Waals surface area contributed by atoms with Crippen LogP contribution >= 0.6 is 0 Å². The summed E-state index contributed by atoms with van der Waals surface area (Å²) < 4.78 is 0. The number of benzene rings is 2. The Labute approximate surface area is 162 Å². The molecule has 0 aliphatic carbocycles. The van der Waals surface area contributed by atoms with Gasteiger partial charge in [0.2, 0.25) is 0 Å². The average Bonchev–Trinajstić information content (AvgIpc) is 2.74. The van der Waals surface area contributed by atoms with Crippen molar-refractivity contribution < 1.29 is 9.59 Å². The number of anilines is 3. The van der Waals surface area contributed by atoms with E-state index in [1.807, 2.05) is 30.3 Å². The molecule has 0 saturated carbocycles. The van der Waals surface area contributed by atoms with Gasteiger partial charge in [0.1, 0.15) is 0 Å². The summed E-state index contributed by atoms with van der Waals surface area (Å²) in [6.07, 6.45) is 3.14. The van der Waals surface area contributed by atoms with Crippen molar-refractivity contribution in [2.24, 2.45) is 5.10 Å². The predicted molar refractivity (Wildman–Crippen MR) is 111 cm³/mol. The molecule has 0 atom stereocenters. The highest BCUT2D eigenvalue weighted by Gasteiger charge is 2.14. The SMILES string of the molecule is C=NN(C(=O)CNc1cccc(C(=O)Nc2ccccc2)c1)c1ccncc1. The van der Waals surface area contributed by atoms with Gasteiger partial charge in [-0.15, -0.1) is 0 Å². The lowest BCUT2D eigenvalue weighted by atomic mass is 10.2. The Morgan fingerprint density at radius 3 is 2.39 bits per heavy atom. The first-order valence-corrected chi connectivity index (χ1v) is 8.57. The van der Waals surface area contributed by atoms with Crippen LogP contribution in [0.2, 0.25) is 0 Å². The highest BCUT2D eigenvalue weighted by molar-refractivity contribution is 6.05. The molecule has 140 valence electrons. The Kier molecular flexibility index (Phi) is 6.10. The summed E-state index contributed by atoms with van der Waals surface area (Å²) in [6.45, 7) is 3.44. The number of rotatable bonds is 7. The lowest BCUT2D eigenvalue weighted by Gasteiger charge is -2.17. The van der Waals surface area contributed by atoms with Crippen molar-refractivity contribution in [2.45, 2.75) is 0 Å². The van der Waals surface area contributed by atoms with Crippen LogP contribution in [-0.2, 0) is 4.79 Å². The molecule has 2 amide bonds. The van der Waals surface area contributed by atoms with E-state index in [1.54, 1.807) is 48.8 Å². The molecule has 1 heterocycles. The summed E-state index contributed by atoms with van der Waals surface area (Å²) in [5, 5.41) is 10.8. The molecule has 0 unspecified atom stereocenters. The quantitative estimate of drug-likeness (QED) is 0.491. The molecule has 0 fully saturated rings. The van der Waals surface area contributed by atoms with Gasteiger partial charge in [0.15, 0.2) is 0 Å². The minimum absolute atomic E-state index is 0.00883. The van der Waals surface area contributed by atoms with E-state index in [9.17, 15) is 9.59 Å². The fourth-order valence-corrected chi connectivity index (χ4v) is 2.54. The highest BCUT2D eigenvalue weighted by Crippen LogP contribution is 2.15. The van der Waals surface area contributed by atoms with Crippen molar-refractivity contribution >= 4 is 35.6 Å². The maximum Gasteiger partial charge on any atom is 0.266 e. The zero-order valence-corrected chi connectivity index (χ0v) is 15.1. The van der Waals surface area contributed by atoms with Gasteiger partial charge in [-0.2, -0.15) is 10.1 Å². The summed E-state index contributed by atoms with van der Waals surface area (Å²) in [4.78, 5) is 28.8. The normalized spacial score (nSPS) is 10.0. The molecule has 7 heteroatoms. The number of carbonyl (C=O) groups excluding carboxylic acids is 2. The number of pyridine rings is 1. The summed E-state index contributed by atoms with van der Waals surface area (Å²) in [5.41, 5.74) is 2.42. The van der Waals surface area contributed by atoms with Gasteiger partial charge in [0.05, 0.1) is 12.2 Å². The van der Waals surface area contributed by atoms with Crippen LogP contribution < -0.4 is 15.6 Å². The van der Waals surface area contributed by atoms with Gasteiger partial charge in [-0.3, -0.25) is 14.6 Å². The van der Waals surface area contributed by atoms with Gasteiger partial charge in [-0.25, -0.2) is 0 Å². The van der Waals surface area contributed by atoms with Crippen LogP contribution in [-0.4, -0.2) is 30.1 Å². The number of nitrogens with one attached hydrogen (secondary N) is 2. The summed E-state index contributed by atoms with van der Waals surface area (Å²) in [5.74, 6) is -0.521. The molecule has 2 N–H and O–H groups in total. The zero-order chi connectivity index (χ0) is 19.8. The molecule has 3 aromatic rings. The van der Waals surface area contributed by atoms with E-state index < -0.39 is 0 Å². The number of para-hydroxylation sites is 1. The third-order valence-electron chi connectivity index (χ3n) is 3.89. The fourth-order valence-electron chi connectivity index (χ4n) is 2.54. The van der Waals surface area contributed by atoms with Crippen molar-refractivity contribution in [3.63, 3.8) is 0 Å². The van der Waals surface area contributed by atoms with Crippen LogP contribution in [0.25, 0.3) is 0 Å². The fraction of sp³-hybridized carbons (Fsp3) is 0.0476. The van der Waals surface area contributed by atoms with E-state index in [2.05, 4.69) is 27.4 Å². The lowest BCUT2D eigenvalue weighted by Crippen LogP contribution is -2.31. The van der Waals surface area contributed by atoms with Gasteiger partial charge >= 0.3 is 0 Å². The number of hydrazone groups is 1. The predicted octanol–water partition coefficient (Wildman–Crippen LogP) is 3.39. The van der Waals surface area contributed by atoms with Crippen LogP contribution in [0.15, 0.2) is 84.2 Å². The molecular formula is C21H19N5O2. The smallest absolute Gasteiger partial charge is 0.266 e. The monoisotopic (exact) mass is 373 g/mol. The molecule has 3 rings (SSSR count). The number of hydrogen-bond donors (Lipinski definition) is 2. The van der Waals surface area contributed by atoms with E-state index in [4.69, 9.17) is 0 Å². The van der Waals surface area contributed by atoms with Gasteiger partial charge in [-0.05, 0) is 42.5 Å². The van der Waals surface area contributed by atoms with E-state index >= 15 is 0 Å². The van der Waals surface area contributed by atoms with E-state index in [-0.39, 0.29) is 18.4 Å². The Balaban J connectivity index is 1.63. The van der Waals surface area contributed by atoms with Gasteiger partial charge in [0.25, 0.3) is 11.8 Å². The number of hydrogen-bond acceptors (Lipinski definition) is 5. The lowest BCUT2D eigenvalue weighted by molar-refractivity contribution is -0.117. The first-order chi connectivity index (χ1) is 13.7. The first kappa shape index (κ1) is 18.8. The van der Waals surface area contributed by atoms with Crippen molar-refractivity contribution in [2.75, 3.05) is 22.2 Å². The Morgan fingerprint density at radius 1 is 0.964 bits per heavy atom. The Morgan fingerprint density at radius 2 is 1.68 bits per heavy atom. The van der Waals surface area contributed by atoms with Crippen molar-refractivity contribution in [1.82, 2.24) is 4.98 Å². The van der Waals surface area contributed by atoms with Crippen molar-refractivity contribution in [3.05, 3.63) is 84.7 Å². The first-order valence-electron chi connectivity index (χ1n) is 8.57. The largest absolute Gasteiger partial charge is 0.376 e. The molecule has 2 aromatic carbocycles. The standard InChI is InChI=1S/C21H19N5O2/c1-22-26(19-10-12-23-13-11-19)20(27)15-24-18-9-5-6-16(14-18)21(28)25-17-7-3-2-4-8-17/h2-14,24H,1,15H2,(H,25,28). The van der Waals surface area contributed by atoms with Crippen molar-refractivity contribution in [1.29, 1.82) is 0 Å². The molecule has 7 nitrogen and oxygen atoms in total. The molecule has 0 bridgehead atoms. The van der Waals surface area contributed by atoms with Gasteiger partial charge in [0, 0.05) is 36.0 Å². The molecule has 0 aliphatic rings. The minimum Gasteiger partial charge on any atom is -0.376 e. The van der Waals surface area contributed by atoms with E-state index in [0.29, 0.717) is 22.6 Å². The molecule has 0 aliphatic heterocycles. The highest BCUT2D eigenvalue weighted by atomic mass is 16.2. The van der Waals surface area contributed by atoms with Gasteiger partial charge in [-0.1, -0.05) is 24.3 Å². The third-order valence-corrected chi connectivity index (χ3v) is 3.89. The van der Waals surface area contributed by atoms with E-state index in [0.717, 1.165) is 0 Å². The van der Waals surface area contributed by atoms with Crippen LogP contribution in [0.4, 0.5) is 17.1 Å². The summed E-state index contributed by atoms with van der Waals surface area (Å²) in [7, 11) is 0. The van der Waals surface area contributed by atoms with Gasteiger partial charge < -0.3 is 10.6 Å². The third kappa shape index (κ3) is 4.79. The molecule has 0 saturated heterocycles. The Bertz CT molecular complexity index is 961. The maximum atomic E-state index is 12.4. The van der Waals surface area contributed by atoms with Crippen molar-refractivity contribution in [3.8, 4) is 0 Å². The molecule has 1 aromatic heterocycles. The topological polar surface area (TPSA) is 86.7 Å². The molecule has 28 heavy (non-hydrogen) atoms. The average molecular weight is 373 g/mol. The zero-order valence-electron chi connectivity index (χ0n) is 15.1. The second kappa shape index (κ2) is 9.09. The summed E-state index contributed by atoms with van der Waals surface area (Å²) in [6, 6.07) is 19.5. The number of aromatic nitrogens is 1. The van der Waals surface area contributed by atoms with Crippen LogP contribution in [0.5, 0.6) is 0 Å². The van der Waals surface area contributed by atoms with Crippen LogP contribution in [0.1, 0.15) is 10.4 Å². The molecule has 0 spiro atoms. The van der Waals surface area contributed by atoms with E-state index in [1.165, 1.54) is 5.01 Å². The molecular weight excluding hydrogens is 354 g/mol. The minimum atomic E-state index is -0.291. The van der Waals surface area contributed by atoms with Crippen LogP contribution in [0.3, 0.4) is 0 Å². The second-order valence-corrected chi connectivity index (χ2v) is 5.81. The Hall–Kier alpha value is -4.00. The molecule has 0 radical (unpaired) electrons. The number of carbonyl (C=O) groups is 2. The summed E-state index contributed by atoms with van der Waals surface area (Å²) >= 11 is 0. The maximum absolute atomic E-state index is 12.4. The second-order valence-electron chi connectivity index (χ2n) is 5.81.